The van der Waals surface area contributed by atoms with Crippen LogP contribution in [0.3, 0.4) is 0 Å². The van der Waals surface area contributed by atoms with E-state index in [0.717, 1.165) is 16.7 Å². The van der Waals surface area contributed by atoms with Gasteiger partial charge in [0.25, 0.3) is 5.91 Å². The van der Waals surface area contributed by atoms with Crippen LogP contribution in [0.15, 0.2) is 52.2 Å². The van der Waals surface area contributed by atoms with Crippen molar-refractivity contribution >= 4 is 16.9 Å². The third kappa shape index (κ3) is 3.90. The number of ether oxygens (including phenoxy) is 2. The number of fused-ring (bicyclic) bond motifs is 2. The molecule has 2 aromatic carbocycles. The smallest absolute Gasteiger partial charge is 0.291 e. The predicted octanol–water partition coefficient (Wildman–Crippen LogP) is 5.18. The summed E-state index contributed by atoms with van der Waals surface area (Å²) in [7, 11) is 1.57. The molecule has 0 fully saturated rings. The fourth-order valence-electron chi connectivity index (χ4n) is 4.38. The highest BCUT2D eigenvalue weighted by atomic mass is 16.5. The average molecular weight is 448 g/mol. The summed E-state index contributed by atoms with van der Waals surface area (Å²) in [6, 6.07) is 8.66. The maximum absolute atomic E-state index is 13.7. The van der Waals surface area contributed by atoms with E-state index in [1.165, 1.54) is 0 Å². The molecule has 33 heavy (non-hydrogen) atoms. The normalized spacial score (nSPS) is 15.3. The summed E-state index contributed by atoms with van der Waals surface area (Å²) >= 11 is 0. The molecule has 0 spiro atoms. The zero-order valence-corrected chi connectivity index (χ0v) is 19.7. The number of hydrogen-bond acceptors (Lipinski definition) is 5. The van der Waals surface area contributed by atoms with Crippen molar-refractivity contribution in [3.63, 3.8) is 0 Å². The van der Waals surface area contributed by atoms with Crippen molar-refractivity contribution in [2.24, 2.45) is 5.92 Å². The number of carbonyl (C=O) groups excluding carboxylic acids is 1. The van der Waals surface area contributed by atoms with Gasteiger partial charge in [-0.3, -0.25) is 9.59 Å². The molecular formula is C27H29NO5. The zero-order chi connectivity index (χ0) is 23.9. The van der Waals surface area contributed by atoms with Crippen LogP contribution < -0.4 is 14.9 Å². The molecular weight excluding hydrogens is 418 g/mol. The molecule has 0 radical (unpaired) electrons. The molecule has 2 heterocycles. The molecule has 3 aromatic rings. The van der Waals surface area contributed by atoms with Crippen LogP contribution >= 0.6 is 0 Å². The molecule has 0 saturated carbocycles. The van der Waals surface area contributed by atoms with E-state index in [4.69, 9.17) is 13.9 Å². The van der Waals surface area contributed by atoms with Crippen molar-refractivity contribution in [2.75, 3.05) is 20.3 Å². The van der Waals surface area contributed by atoms with Gasteiger partial charge in [-0.15, -0.1) is 6.58 Å². The first kappa shape index (κ1) is 22.6. The number of aryl methyl sites for hydroxylation is 2. The van der Waals surface area contributed by atoms with Gasteiger partial charge in [-0.25, -0.2) is 0 Å². The van der Waals surface area contributed by atoms with E-state index in [9.17, 15) is 9.59 Å². The van der Waals surface area contributed by atoms with Crippen molar-refractivity contribution < 1.29 is 18.7 Å². The molecule has 172 valence electrons. The number of benzene rings is 2. The third-order valence-electron chi connectivity index (χ3n) is 5.80. The second kappa shape index (κ2) is 8.77. The number of hydrogen-bond donors (Lipinski definition) is 0. The first-order valence-electron chi connectivity index (χ1n) is 11.1. The van der Waals surface area contributed by atoms with E-state index in [1.807, 2.05) is 44.2 Å². The highest BCUT2D eigenvalue weighted by Gasteiger charge is 2.42. The topological polar surface area (TPSA) is 69.0 Å². The van der Waals surface area contributed by atoms with Crippen molar-refractivity contribution in [3.8, 4) is 11.5 Å². The Balaban J connectivity index is 1.92. The van der Waals surface area contributed by atoms with Crippen LogP contribution in [0.25, 0.3) is 11.0 Å². The molecule has 0 N–H and O–H groups in total. The second-order valence-electron chi connectivity index (χ2n) is 8.90. The predicted molar refractivity (Wildman–Crippen MR) is 128 cm³/mol. The van der Waals surface area contributed by atoms with Crippen LogP contribution in [-0.4, -0.2) is 31.1 Å². The van der Waals surface area contributed by atoms with Gasteiger partial charge in [0, 0.05) is 6.54 Å². The molecule has 1 aromatic heterocycles. The zero-order valence-electron chi connectivity index (χ0n) is 19.7. The maximum Gasteiger partial charge on any atom is 0.291 e. The first-order valence-corrected chi connectivity index (χ1v) is 11.1. The van der Waals surface area contributed by atoms with Gasteiger partial charge >= 0.3 is 0 Å². The number of amides is 1. The lowest BCUT2D eigenvalue weighted by Crippen LogP contribution is -2.29. The Morgan fingerprint density at radius 3 is 2.58 bits per heavy atom. The Hall–Kier alpha value is -3.54. The lowest BCUT2D eigenvalue weighted by Gasteiger charge is -2.24. The number of carbonyl (C=O) groups is 1. The fraction of sp³-hybridized carbons (Fsp3) is 0.333. The monoisotopic (exact) mass is 447 g/mol. The lowest BCUT2D eigenvalue weighted by atomic mass is 9.97. The van der Waals surface area contributed by atoms with E-state index in [1.54, 1.807) is 18.1 Å². The summed E-state index contributed by atoms with van der Waals surface area (Å²) in [4.78, 5) is 28.6. The van der Waals surface area contributed by atoms with Gasteiger partial charge in [0.1, 0.15) is 5.58 Å². The van der Waals surface area contributed by atoms with E-state index < -0.39 is 6.04 Å². The molecule has 1 aliphatic heterocycles. The van der Waals surface area contributed by atoms with E-state index >= 15 is 0 Å². The fourth-order valence-corrected chi connectivity index (χ4v) is 4.38. The van der Waals surface area contributed by atoms with Gasteiger partial charge in [0.05, 0.1) is 30.7 Å². The van der Waals surface area contributed by atoms with Gasteiger partial charge in [-0.1, -0.05) is 32.1 Å². The molecule has 1 aliphatic rings. The van der Waals surface area contributed by atoms with Gasteiger partial charge in [-0.2, -0.15) is 0 Å². The second-order valence-corrected chi connectivity index (χ2v) is 8.90. The summed E-state index contributed by atoms with van der Waals surface area (Å²) < 4.78 is 17.5. The molecule has 1 atom stereocenters. The Labute approximate surface area is 193 Å². The van der Waals surface area contributed by atoms with Crippen molar-refractivity contribution in [1.82, 2.24) is 4.90 Å². The number of nitrogens with zero attached hydrogens (tertiary/aromatic N) is 1. The molecule has 6 heteroatoms. The molecule has 4 rings (SSSR count). The number of rotatable bonds is 7. The summed E-state index contributed by atoms with van der Waals surface area (Å²) in [5, 5.41) is 0.480. The Morgan fingerprint density at radius 2 is 1.91 bits per heavy atom. The SMILES string of the molecule is C=CCN1C(=O)c2oc3c(C)cc(C)cc3c(=O)c2C1c1ccc(OCC(C)C)c(OC)c1. The minimum Gasteiger partial charge on any atom is -0.493 e. The van der Waals surface area contributed by atoms with E-state index in [0.29, 0.717) is 40.6 Å². The Morgan fingerprint density at radius 1 is 1.15 bits per heavy atom. The van der Waals surface area contributed by atoms with Gasteiger partial charge in [0.15, 0.2) is 16.9 Å². The van der Waals surface area contributed by atoms with Crippen LogP contribution in [0.2, 0.25) is 0 Å². The number of methoxy groups -OCH3 is 1. The summed E-state index contributed by atoms with van der Waals surface area (Å²) in [5.41, 5.74) is 3.13. The van der Waals surface area contributed by atoms with Crippen LogP contribution in [-0.2, 0) is 0 Å². The molecule has 1 amide bonds. The van der Waals surface area contributed by atoms with Gasteiger partial charge in [0.2, 0.25) is 5.76 Å². The minimum absolute atomic E-state index is 0.0883. The van der Waals surface area contributed by atoms with Crippen LogP contribution in [0, 0.1) is 19.8 Å². The maximum atomic E-state index is 13.7. The Kier molecular flexibility index (Phi) is 6.02. The quantitative estimate of drug-likeness (QED) is 0.467. The highest BCUT2D eigenvalue weighted by molar-refractivity contribution is 5.99. The van der Waals surface area contributed by atoms with Gasteiger partial charge in [-0.05, 0) is 54.7 Å². The van der Waals surface area contributed by atoms with Crippen LogP contribution in [0.5, 0.6) is 11.5 Å². The van der Waals surface area contributed by atoms with E-state index in [2.05, 4.69) is 20.4 Å². The van der Waals surface area contributed by atoms with Crippen molar-refractivity contribution in [3.05, 3.63) is 81.2 Å². The largest absolute Gasteiger partial charge is 0.493 e. The summed E-state index contributed by atoms with van der Waals surface area (Å²) in [6.45, 7) is 12.6. The molecule has 0 aliphatic carbocycles. The summed E-state index contributed by atoms with van der Waals surface area (Å²) in [6.07, 6.45) is 1.65. The highest BCUT2D eigenvalue weighted by Crippen LogP contribution is 2.41. The lowest BCUT2D eigenvalue weighted by molar-refractivity contribution is 0.0748. The standard InChI is InChI=1S/C27H29NO5/c1-7-10-28-23(18-8-9-20(21(13-18)31-6)32-14-15(2)3)22-24(29)19-12-16(4)11-17(5)25(19)33-26(22)27(28)30/h7-9,11-13,15,23H,1,10,14H2,2-6H3. The summed E-state index contributed by atoms with van der Waals surface area (Å²) in [5.74, 6) is 1.29. The van der Waals surface area contributed by atoms with E-state index in [-0.39, 0.29) is 23.6 Å². The van der Waals surface area contributed by atoms with Crippen molar-refractivity contribution in [2.45, 2.75) is 33.7 Å². The minimum atomic E-state index is -0.611. The Bertz CT molecular complexity index is 1300. The third-order valence-corrected chi connectivity index (χ3v) is 5.80. The molecule has 6 nitrogen and oxygen atoms in total. The first-order chi connectivity index (χ1) is 15.8. The molecule has 1 unspecified atom stereocenters. The van der Waals surface area contributed by atoms with Gasteiger partial charge < -0.3 is 18.8 Å². The molecule has 0 bridgehead atoms. The van der Waals surface area contributed by atoms with Crippen LogP contribution in [0.4, 0.5) is 0 Å². The average Bonchev–Trinajstić information content (AvgIpc) is 3.05. The van der Waals surface area contributed by atoms with Crippen LogP contribution in [0.1, 0.15) is 52.7 Å². The molecule has 0 saturated heterocycles. The van der Waals surface area contributed by atoms with Crippen molar-refractivity contribution in [1.29, 1.82) is 0 Å².